The number of halogens is 1. The van der Waals surface area contributed by atoms with E-state index in [1.165, 1.54) is 11.6 Å². The van der Waals surface area contributed by atoms with Crippen LogP contribution in [0.25, 0.3) is 0 Å². The van der Waals surface area contributed by atoms with E-state index < -0.39 is 0 Å². The second kappa shape index (κ2) is 7.28. The molecule has 0 unspecified atom stereocenters. The van der Waals surface area contributed by atoms with Gasteiger partial charge in [0.15, 0.2) is 0 Å². The van der Waals surface area contributed by atoms with Crippen LogP contribution < -0.4 is 10.6 Å². The number of hydrogen-bond acceptors (Lipinski definition) is 1. The zero-order valence-corrected chi connectivity index (χ0v) is 11.1. The summed E-state index contributed by atoms with van der Waals surface area (Å²) < 4.78 is 13.3. The van der Waals surface area contributed by atoms with Gasteiger partial charge in [-0.05, 0) is 18.1 Å². The average Bonchev–Trinajstić information content (AvgIpc) is 2.47. The molecule has 2 aromatic carbocycles. The van der Waals surface area contributed by atoms with Gasteiger partial charge in [0.25, 0.3) is 0 Å². The Bertz CT molecular complexity index is 557. The molecule has 0 saturated heterocycles. The zero-order chi connectivity index (χ0) is 14.2. The fraction of sp³-hybridized carbons (Fsp3) is 0.188. The van der Waals surface area contributed by atoms with E-state index in [2.05, 4.69) is 10.6 Å². The number of benzene rings is 2. The maximum Gasteiger partial charge on any atom is 0.315 e. The molecule has 20 heavy (non-hydrogen) atoms. The number of urea groups is 1. The van der Waals surface area contributed by atoms with E-state index in [1.54, 1.807) is 18.2 Å². The molecule has 0 fully saturated rings. The van der Waals surface area contributed by atoms with Crippen LogP contribution in [-0.4, -0.2) is 12.6 Å². The Morgan fingerprint density at radius 1 is 0.950 bits per heavy atom. The summed E-state index contributed by atoms with van der Waals surface area (Å²) in [7, 11) is 0. The van der Waals surface area contributed by atoms with Crippen molar-refractivity contribution in [3.05, 3.63) is 71.5 Å². The molecule has 2 amide bonds. The monoisotopic (exact) mass is 272 g/mol. The van der Waals surface area contributed by atoms with Gasteiger partial charge in [0.05, 0.1) is 0 Å². The van der Waals surface area contributed by atoms with Gasteiger partial charge in [-0.1, -0.05) is 48.5 Å². The summed E-state index contributed by atoms with van der Waals surface area (Å²) in [6.07, 6.45) is 0.772. The van der Waals surface area contributed by atoms with E-state index in [4.69, 9.17) is 0 Å². The minimum absolute atomic E-state index is 0.184. The lowest BCUT2D eigenvalue weighted by Crippen LogP contribution is -2.36. The minimum atomic E-state index is -0.308. The summed E-state index contributed by atoms with van der Waals surface area (Å²) in [4.78, 5) is 11.6. The third kappa shape index (κ3) is 4.39. The Labute approximate surface area is 117 Å². The Kier molecular flexibility index (Phi) is 5.12. The van der Waals surface area contributed by atoms with Gasteiger partial charge in [-0.25, -0.2) is 9.18 Å². The summed E-state index contributed by atoms with van der Waals surface area (Å²) in [5.41, 5.74) is 1.65. The molecule has 0 spiro atoms. The fourth-order valence-electron chi connectivity index (χ4n) is 1.84. The van der Waals surface area contributed by atoms with Crippen LogP contribution in [0.5, 0.6) is 0 Å². The molecule has 0 aliphatic heterocycles. The van der Waals surface area contributed by atoms with Gasteiger partial charge >= 0.3 is 6.03 Å². The van der Waals surface area contributed by atoms with Gasteiger partial charge in [0, 0.05) is 18.7 Å². The highest BCUT2D eigenvalue weighted by atomic mass is 19.1. The third-order valence-corrected chi connectivity index (χ3v) is 2.94. The quantitative estimate of drug-likeness (QED) is 0.863. The second-order valence-electron chi connectivity index (χ2n) is 4.44. The van der Waals surface area contributed by atoms with Crippen molar-refractivity contribution in [3.8, 4) is 0 Å². The largest absolute Gasteiger partial charge is 0.338 e. The number of hydrogen-bond donors (Lipinski definition) is 2. The lowest BCUT2D eigenvalue weighted by molar-refractivity contribution is 0.240. The predicted molar refractivity (Wildman–Crippen MR) is 76.8 cm³/mol. The van der Waals surface area contributed by atoms with E-state index in [0.717, 1.165) is 6.42 Å². The summed E-state index contributed by atoms with van der Waals surface area (Å²) in [5.74, 6) is -0.308. The predicted octanol–water partition coefficient (Wildman–Crippen LogP) is 2.87. The number of amides is 2. The Morgan fingerprint density at radius 3 is 2.40 bits per heavy atom. The van der Waals surface area contributed by atoms with E-state index >= 15 is 0 Å². The molecule has 3 nitrogen and oxygen atoms in total. The molecule has 2 aromatic rings. The van der Waals surface area contributed by atoms with Gasteiger partial charge in [0.1, 0.15) is 5.82 Å². The summed E-state index contributed by atoms with van der Waals surface area (Å²) in [5, 5.41) is 5.38. The van der Waals surface area contributed by atoms with Crippen LogP contribution in [0.3, 0.4) is 0 Å². The lowest BCUT2D eigenvalue weighted by atomic mass is 10.1. The molecule has 2 N–H and O–H groups in total. The molecular weight excluding hydrogens is 255 g/mol. The molecule has 0 aliphatic rings. The first-order valence-corrected chi connectivity index (χ1v) is 6.55. The van der Waals surface area contributed by atoms with Crippen LogP contribution in [0.1, 0.15) is 11.1 Å². The maximum absolute atomic E-state index is 13.3. The first kappa shape index (κ1) is 14.1. The van der Waals surface area contributed by atoms with E-state index in [-0.39, 0.29) is 18.4 Å². The highest BCUT2D eigenvalue weighted by Gasteiger charge is 2.03. The fourth-order valence-corrected chi connectivity index (χ4v) is 1.84. The molecule has 0 heterocycles. The zero-order valence-electron chi connectivity index (χ0n) is 11.1. The first-order valence-electron chi connectivity index (χ1n) is 6.55. The summed E-state index contributed by atoms with van der Waals surface area (Å²) >= 11 is 0. The second-order valence-corrected chi connectivity index (χ2v) is 4.44. The van der Waals surface area contributed by atoms with Crippen LogP contribution >= 0.6 is 0 Å². The standard InChI is InChI=1S/C16H17FN2O/c17-15-9-5-4-8-14(15)12-19-16(20)18-11-10-13-6-2-1-3-7-13/h1-9H,10-12H2,(H2,18,19,20). The van der Waals surface area contributed by atoms with Gasteiger partial charge in [0.2, 0.25) is 0 Å². The van der Waals surface area contributed by atoms with Gasteiger partial charge in [-0.2, -0.15) is 0 Å². The van der Waals surface area contributed by atoms with E-state index in [9.17, 15) is 9.18 Å². The van der Waals surface area contributed by atoms with Gasteiger partial charge in [-0.15, -0.1) is 0 Å². The van der Waals surface area contributed by atoms with Crippen molar-refractivity contribution in [2.75, 3.05) is 6.54 Å². The molecule has 104 valence electrons. The number of rotatable bonds is 5. The Hall–Kier alpha value is -2.36. The number of nitrogens with one attached hydrogen (secondary N) is 2. The topological polar surface area (TPSA) is 41.1 Å². The van der Waals surface area contributed by atoms with Crippen molar-refractivity contribution >= 4 is 6.03 Å². The smallest absolute Gasteiger partial charge is 0.315 e. The molecule has 2 rings (SSSR count). The molecule has 0 bridgehead atoms. The molecule has 0 radical (unpaired) electrons. The SMILES string of the molecule is O=C(NCCc1ccccc1)NCc1ccccc1F. The Balaban J connectivity index is 1.70. The highest BCUT2D eigenvalue weighted by molar-refractivity contribution is 5.73. The van der Waals surface area contributed by atoms with Crippen molar-refractivity contribution in [2.24, 2.45) is 0 Å². The Morgan fingerprint density at radius 2 is 1.65 bits per heavy atom. The third-order valence-electron chi connectivity index (χ3n) is 2.94. The van der Waals surface area contributed by atoms with Crippen molar-refractivity contribution in [1.82, 2.24) is 10.6 Å². The molecule has 4 heteroatoms. The van der Waals surface area contributed by atoms with Crippen molar-refractivity contribution in [1.29, 1.82) is 0 Å². The molecule has 0 aliphatic carbocycles. The highest BCUT2D eigenvalue weighted by Crippen LogP contribution is 2.05. The summed E-state index contributed by atoms with van der Waals surface area (Å²) in [6, 6.07) is 16.0. The minimum Gasteiger partial charge on any atom is -0.338 e. The number of carbonyl (C=O) groups excluding carboxylic acids is 1. The maximum atomic E-state index is 13.3. The molecule has 0 atom stereocenters. The van der Waals surface area contributed by atoms with Crippen LogP contribution in [0, 0.1) is 5.82 Å². The average molecular weight is 272 g/mol. The summed E-state index contributed by atoms with van der Waals surface area (Å²) in [6.45, 7) is 0.733. The molecular formula is C16H17FN2O. The van der Waals surface area contributed by atoms with E-state index in [1.807, 2.05) is 30.3 Å². The van der Waals surface area contributed by atoms with Crippen LogP contribution in [-0.2, 0) is 13.0 Å². The van der Waals surface area contributed by atoms with Crippen LogP contribution in [0.2, 0.25) is 0 Å². The van der Waals surface area contributed by atoms with Crippen LogP contribution in [0.15, 0.2) is 54.6 Å². The normalized spacial score (nSPS) is 10.1. The van der Waals surface area contributed by atoms with Crippen molar-refractivity contribution < 1.29 is 9.18 Å². The van der Waals surface area contributed by atoms with Crippen molar-refractivity contribution in [2.45, 2.75) is 13.0 Å². The van der Waals surface area contributed by atoms with Crippen LogP contribution in [0.4, 0.5) is 9.18 Å². The van der Waals surface area contributed by atoms with Crippen molar-refractivity contribution in [3.63, 3.8) is 0 Å². The first-order chi connectivity index (χ1) is 9.75. The van der Waals surface area contributed by atoms with Gasteiger partial charge in [-0.3, -0.25) is 0 Å². The van der Waals surface area contributed by atoms with E-state index in [0.29, 0.717) is 12.1 Å². The lowest BCUT2D eigenvalue weighted by Gasteiger charge is -2.08. The molecule has 0 aromatic heterocycles. The number of carbonyl (C=O) groups is 1. The molecule has 0 saturated carbocycles. The van der Waals surface area contributed by atoms with Gasteiger partial charge < -0.3 is 10.6 Å².